The van der Waals surface area contributed by atoms with Crippen LogP contribution in [0.15, 0.2) is 36.7 Å². The topological polar surface area (TPSA) is 107 Å². The third-order valence-electron chi connectivity index (χ3n) is 2.88. The zero-order valence-corrected chi connectivity index (χ0v) is 11.0. The predicted octanol–water partition coefficient (Wildman–Crippen LogP) is 1.60. The maximum atomic E-state index is 11.8. The van der Waals surface area contributed by atoms with E-state index >= 15 is 0 Å². The fourth-order valence-electron chi connectivity index (χ4n) is 1.84. The van der Waals surface area contributed by atoms with Crippen LogP contribution in [0.5, 0.6) is 0 Å². The van der Waals surface area contributed by atoms with Gasteiger partial charge < -0.3 is 16.8 Å². The Bertz CT molecular complexity index is 565. The first-order chi connectivity index (χ1) is 9.66. The fourth-order valence-corrected chi connectivity index (χ4v) is 1.84. The Hall–Kier alpha value is -2.63. The number of aryl methyl sites for hydroxylation is 1. The summed E-state index contributed by atoms with van der Waals surface area (Å²) < 4.78 is 0. The van der Waals surface area contributed by atoms with Crippen molar-refractivity contribution >= 4 is 23.2 Å². The van der Waals surface area contributed by atoms with Crippen LogP contribution >= 0.6 is 0 Å². The third-order valence-corrected chi connectivity index (χ3v) is 2.88. The number of nitrogen functional groups attached to an aromatic ring is 2. The van der Waals surface area contributed by atoms with Crippen LogP contribution in [0, 0.1) is 0 Å². The Morgan fingerprint density at radius 3 is 2.40 bits per heavy atom. The van der Waals surface area contributed by atoms with Gasteiger partial charge in [-0.15, -0.1) is 0 Å². The molecule has 6 nitrogen and oxygen atoms in total. The van der Waals surface area contributed by atoms with Crippen molar-refractivity contribution in [2.24, 2.45) is 0 Å². The Morgan fingerprint density at radius 1 is 1.10 bits per heavy atom. The molecule has 0 bridgehead atoms. The SMILES string of the molecule is Nc1ncnc(N)c1NC(=O)CCCc1ccccc1. The molecule has 0 saturated heterocycles. The van der Waals surface area contributed by atoms with Crippen molar-refractivity contribution in [3.8, 4) is 0 Å². The molecular formula is C14H17N5O. The van der Waals surface area contributed by atoms with Crippen LogP contribution in [0.3, 0.4) is 0 Å². The Kier molecular flexibility index (Phi) is 4.49. The van der Waals surface area contributed by atoms with Crippen LogP contribution in [-0.2, 0) is 11.2 Å². The first kappa shape index (κ1) is 13.8. The van der Waals surface area contributed by atoms with Gasteiger partial charge in [-0.25, -0.2) is 9.97 Å². The predicted molar refractivity (Wildman–Crippen MR) is 78.9 cm³/mol. The monoisotopic (exact) mass is 271 g/mol. The molecule has 6 heteroatoms. The van der Waals surface area contributed by atoms with Crippen LogP contribution in [0.4, 0.5) is 17.3 Å². The van der Waals surface area contributed by atoms with Crippen LogP contribution < -0.4 is 16.8 Å². The maximum absolute atomic E-state index is 11.8. The van der Waals surface area contributed by atoms with Gasteiger partial charge in [-0.3, -0.25) is 4.79 Å². The third kappa shape index (κ3) is 3.68. The first-order valence-electron chi connectivity index (χ1n) is 6.36. The number of amides is 1. The van der Waals surface area contributed by atoms with Gasteiger partial charge in [0.05, 0.1) is 0 Å². The van der Waals surface area contributed by atoms with Crippen LogP contribution in [0.25, 0.3) is 0 Å². The highest BCUT2D eigenvalue weighted by atomic mass is 16.1. The Labute approximate surface area is 117 Å². The van der Waals surface area contributed by atoms with Crippen LogP contribution in [0.1, 0.15) is 18.4 Å². The second-order valence-corrected chi connectivity index (χ2v) is 4.41. The van der Waals surface area contributed by atoms with E-state index in [1.165, 1.54) is 11.9 Å². The zero-order chi connectivity index (χ0) is 14.4. The molecular weight excluding hydrogens is 254 g/mol. The summed E-state index contributed by atoms with van der Waals surface area (Å²) in [6.45, 7) is 0. The minimum atomic E-state index is -0.144. The molecule has 2 rings (SSSR count). The van der Waals surface area contributed by atoms with Gasteiger partial charge in [0.25, 0.3) is 0 Å². The second-order valence-electron chi connectivity index (χ2n) is 4.41. The number of carbonyl (C=O) groups is 1. The van der Waals surface area contributed by atoms with Crippen molar-refractivity contribution in [3.63, 3.8) is 0 Å². The highest BCUT2D eigenvalue weighted by molar-refractivity contribution is 5.96. The van der Waals surface area contributed by atoms with Crippen LogP contribution in [0.2, 0.25) is 0 Å². The summed E-state index contributed by atoms with van der Waals surface area (Å²) in [5, 5.41) is 2.65. The molecule has 0 fully saturated rings. The molecule has 1 aromatic carbocycles. The average molecular weight is 271 g/mol. The van der Waals surface area contributed by atoms with Crippen molar-refractivity contribution in [1.29, 1.82) is 0 Å². The molecule has 5 N–H and O–H groups in total. The summed E-state index contributed by atoms with van der Waals surface area (Å²) in [5.41, 5.74) is 12.8. The molecule has 0 saturated carbocycles. The number of nitrogens with one attached hydrogen (secondary N) is 1. The molecule has 0 aliphatic rings. The molecule has 0 aliphatic carbocycles. The van der Waals surface area contributed by atoms with Gasteiger partial charge in [0, 0.05) is 6.42 Å². The van der Waals surface area contributed by atoms with Crippen LogP contribution in [-0.4, -0.2) is 15.9 Å². The van der Waals surface area contributed by atoms with Gasteiger partial charge >= 0.3 is 0 Å². The normalized spacial score (nSPS) is 10.2. The van der Waals surface area contributed by atoms with E-state index in [1.54, 1.807) is 0 Å². The highest BCUT2D eigenvalue weighted by Gasteiger charge is 2.10. The largest absolute Gasteiger partial charge is 0.382 e. The number of hydrogen-bond acceptors (Lipinski definition) is 5. The van der Waals surface area contributed by atoms with Gasteiger partial charge in [-0.05, 0) is 18.4 Å². The molecule has 0 spiro atoms. The van der Waals surface area contributed by atoms with Crippen molar-refractivity contribution in [3.05, 3.63) is 42.2 Å². The average Bonchev–Trinajstić information content (AvgIpc) is 2.44. The van der Waals surface area contributed by atoms with E-state index in [0.717, 1.165) is 12.8 Å². The standard InChI is InChI=1S/C14H17N5O/c15-13-12(14(16)18-9-17-13)19-11(20)8-4-7-10-5-2-1-3-6-10/h1-3,5-6,9H,4,7-8H2,(H,19,20)(H4,15,16,17,18). The number of nitrogens with zero attached hydrogens (tertiary/aromatic N) is 2. The summed E-state index contributed by atoms with van der Waals surface area (Å²) in [6, 6.07) is 10.0. The highest BCUT2D eigenvalue weighted by Crippen LogP contribution is 2.21. The van der Waals surface area contributed by atoms with Gasteiger partial charge in [0.15, 0.2) is 11.6 Å². The zero-order valence-electron chi connectivity index (χ0n) is 11.0. The smallest absolute Gasteiger partial charge is 0.224 e. The second kappa shape index (κ2) is 6.51. The summed E-state index contributed by atoms with van der Waals surface area (Å²) in [4.78, 5) is 19.4. The number of aromatic nitrogens is 2. The van der Waals surface area contributed by atoms with E-state index in [9.17, 15) is 4.79 Å². The number of nitrogens with two attached hydrogens (primary N) is 2. The molecule has 1 aromatic heterocycles. The lowest BCUT2D eigenvalue weighted by Crippen LogP contribution is -2.15. The number of hydrogen-bond donors (Lipinski definition) is 3. The first-order valence-corrected chi connectivity index (χ1v) is 6.36. The number of carbonyl (C=O) groups excluding carboxylic acids is 1. The van der Waals surface area contributed by atoms with Gasteiger partial charge in [0.2, 0.25) is 5.91 Å². The minimum Gasteiger partial charge on any atom is -0.382 e. The summed E-state index contributed by atoms with van der Waals surface area (Å²) in [6.07, 6.45) is 3.26. The number of rotatable bonds is 5. The summed E-state index contributed by atoms with van der Waals surface area (Å²) >= 11 is 0. The molecule has 0 unspecified atom stereocenters. The quantitative estimate of drug-likeness (QED) is 0.765. The lowest BCUT2D eigenvalue weighted by Gasteiger charge is -2.09. The molecule has 20 heavy (non-hydrogen) atoms. The van der Waals surface area contributed by atoms with Crippen molar-refractivity contribution in [2.75, 3.05) is 16.8 Å². The number of anilines is 3. The molecule has 0 atom stereocenters. The van der Waals surface area contributed by atoms with Gasteiger partial charge in [-0.2, -0.15) is 0 Å². The van der Waals surface area contributed by atoms with Crippen molar-refractivity contribution in [1.82, 2.24) is 9.97 Å². The van der Waals surface area contributed by atoms with Crippen molar-refractivity contribution in [2.45, 2.75) is 19.3 Å². The lowest BCUT2D eigenvalue weighted by molar-refractivity contribution is -0.116. The Balaban J connectivity index is 1.84. The molecule has 0 aliphatic heterocycles. The van der Waals surface area contributed by atoms with E-state index in [-0.39, 0.29) is 23.2 Å². The van der Waals surface area contributed by atoms with E-state index < -0.39 is 0 Å². The summed E-state index contributed by atoms with van der Waals surface area (Å²) in [5.74, 6) is 0.206. The van der Waals surface area contributed by atoms with E-state index in [1.807, 2.05) is 30.3 Å². The molecule has 0 radical (unpaired) electrons. The van der Waals surface area contributed by atoms with Gasteiger partial charge in [-0.1, -0.05) is 30.3 Å². The fraction of sp³-hybridized carbons (Fsp3) is 0.214. The number of benzene rings is 1. The minimum absolute atomic E-state index is 0.144. The molecule has 1 amide bonds. The van der Waals surface area contributed by atoms with Crippen molar-refractivity contribution < 1.29 is 4.79 Å². The lowest BCUT2D eigenvalue weighted by atomic mass is 10.1. The summed E-state index contributed by atoms with van der Waals surface area (Å²) in [7, 11) is 0. The molecule has 2 aromatic rings. The van der Waals surface area contributed by atoms with E-state index in [0.29, 0.717) is 6.42 Å². The molecule has 104 valence electrons. The maximum Gasteiger partial charge on any atom is 0.224 e. The molecule has 1 heterocycles. The Morgan fingerprint density at radius 2 is 1.75 bits per heavy atom. The van der Waals surface area contributed by atoms with E-state index in [4.69, 9.17) is 11.5 Å². The van der Waals surface area contributed by atoms with E-state index in [2.05, 4.69) is 15.3 Å². The van der Waals surface area contributed by atoms with Gasteiger partial charge in [0.1, 0.15) is 12.0 Å².